The summed E-state index contributed by atoms with van der Waals surface area (Å²) < 4.78 is 10.7. The largest absolute Gasteiger partial charge is 0.488 e. The lowest BCUT2D eigenvalue weighted by Gasteiger charge is -2.06. The summed E-state index contributed by atoms with van der Waals surface area (Å²) in [5.41, 5.74) is 8.65. The number of methoxy groups -OCH3 is 1. The molecule has 0 bridgehead atoms. The van der Waals surface area contributed by atoms with Crippen molar-refractivity contribution in [3.05, 3.63) is 35.9 Å². The number of rotatable bonds is 3. The molecule has 2 aromatic rings. The van der Waals surface area contributed by atoms with Crippen LogP contribution in [0.5, 0.6) is 11.6 Å². The van der Waals surface area contributed by atoms with E-state index in [1.54, 1.807) is 13.2 Å². The minimum absolute atomic E-state index is 0.0900. The summed E-state index contributed by atoms with van der Waals surface area (Å²) in [5, 5.41) is 8.12. The van der Waals surface area contributed by atoms with E-state index in [1.807, 2.05) is 18.2 Å². The molecule has 0 saturated heterocycles. The van der Waals surface area contributed by atoms with Crippen LogP contribution in [0, 0.1) is 0 Å². The van der Waals surface area contributed by atoms with Crippen LogP contribution in [-0.4, -0.2) is 30.0 Å². The summed E-state index contributed by atoms with van der Waals surface area (Å²) in [5.74, 6) is 1.43. The van der Waals surface area contributed by atoms with Crippen molar-refractivity contribution in [2.45, 2.75) is 12.5 Å². The summed E-state index contributed by atoms with van der Waals surface area (Å²) in [6, 6.07) is 9.72. The number of hydrogen-bond donors (Lipinski definition) is 1. The van der Waals surface area contributed by atoms with Crippen LogP contribution in [0.2, 0.25) is 0 Å². The highest BCUT2D eigenvalue weighted by atomic mass is 16.5. The van der Waals surface area contributed by atoms with Crippen LogP contribution in [0.15, 0.2) is 30.3 Å². The van der Waals surface area contributed by atoms with E-state index in [4.69, 9.17) is 15.2 Å². The lowest BCUT2D eigenvalue weighted by molar-refractivity contribution is 0.241. The molecular formula is C14H15N3O2. The number of hydrogen-bond acceptors (Lipinski definition) is 5. The maximum Gasteiger partial charge on any atom is 0.233 e. The maximum atomic E-state index is 5.70. The Kier molecular flexibility index (Phi) is 3.05. The predicted molar refractivity (Wildman–Crippen MR) is 71.2 cm³/mol. The zero-order chi connectivity index (χ0) is 13.2. The van der Waals surface area contributed by atoms with Gasteiger partial charge in [-0.2, -0.15) is 0 Å². The van der Waals surface area contributed by atoms with Gasteiger partial charge < -0.3 is 15.2 Å². The van der Waals surface area contributed by atoms with Crippen molar-refractivity contribution in [3.63, 3.8) is 0 Å². The van der Waals surface area contributed by atoms with Gasteiger partial charge in [0.15, 0.2) is 0 Å². The molecule has 0 aliphatic carbocycles. The van der Waals surface area contributed by atoms with E-state index < -0.39 is 0 Å². The Labute approximate surface area is 111 Å². The Balaban J connectivity index is 1.90. The SMILES string of the molecule is COc1ccc(-c2ccc3c(c2)CC(CN)O3)nn1. The predicted octanol–water partition coefficient (Wildman–Crippen LogP) is 1.41. The lowest BCUT2D eigenvalue weighted by atomic mass is 10.0. The van der Waals surface area contributed by atoms with Crippen molar-refractivity contribution in [2.24, 2.45) is 5.73 Å². The molecule has 0 spiro atoms. The molecule has 19 heavy (non-hydrogen) atoms. The second-order valence-electron chi connectivity index (χ2n) is 4.46. The number of nitrogens with zero attached hydrogens (tertiary/aromatic N) is 2. The smallest absolute Gasteiger partial charge is 0.233 e. The van der Waals surface area contributed by atoms with Crippen molar-refractivity contribution < 1.29 is 9.47 Å². The molecule has 1 aliphatic heterocycles. The zero-order valence-electron chi connectivity index (χ0n) is 10.7. The number of benzene rings is 1. The molecule has 0 radical (unpaired) electrons. The average Bonchev–Trinajstić information content (AvgIpc) is 2.89. The first-order chi connectivity index (χ1) is 9.30. The molecular weight excluding hydrogens is 242 g/mol. The van der Waals surface area contributed by atoms with Gasteiger partial charge in [0.25, 0.3) is 0 Å². The summed E-state index contributed by atoms with van der Waals surface area (Å²) in [6.45, 7) is 0.534. The van der Waals surface area contributed by atoms with Gasteiger partial charge in [-0.3, -0.25) is 0 Å². The number of fused-ring (bicyclic) bond motifs is 1. The molecule has 5 heteroatoms. The third-order valence-electron chi connectivity index (χ3n) is 3.21. The zero-order valence-corrected chi connectivity index (χ0v) is 10.7. The number of nitrogens with two attached hydrogens (primary N) is 1. The molecule has 1 atom stereocenters. The molecule has 1 aliphatic rings. The number of ether oxygens (including phenoxy) is 2. The summed E-state index contributed by atoms with van der Waals surface area (Å²) >= 11 is 0. The second-order valence-corrected chi connectivity index (χ2v) is 4.46. The third kappa shape index (κ3) is 2.24. The van der Waals surface area contributed by atoms with Gasteiger partial charge in [0.2, 0.25) is 5.88 Å². The van der Waals surface area contributed by atoms with Crippen molar-refractivity contribution in [1.29, 1.82) is 0 Å². The van der Waals surface area contributed by atoms with Crippen LogP contribution in [-0.2, 0) is 6.42 Å². The fourth-order valence-corrected chi connectivity index (χ4v) is 2.19. The van der Waals surface area contributed by atoms with Crippen LogP contribution in [0.3, 0.4) is 0 Å². The lowest BCUT2D eigenvalue weighted by Crippen LogP contribution is -2.24. The Bertz CT molecular complexity index is 584. The minimum atomic E-state index is 0.0900. The molecule has 2 N–H and O–H groups in total. The quantitative estimate of drug-likeness (QED) is 0.900. The van der Waals surface area contributed by atoms with Gasteiger partial charge in [-0.15, -0.1) is 10.2 Å². The van der Waals surface area contributed by atoms with Crippen LogP contribution >= 0.6 is 0 Å². The monoisotopic (exact) mass is 257 g/mol. The first kappa shape index (κ1) is 11.9. The average molecular weight is 257 g/mol. The van der Waals surface area contributed by atoms with E-state index in [2.05, 4.69) is 16.3 Å². The topological polar surface area (TPSA) is 70.3 Å². The van der Waals surface area contributed by atoms with E-state index in [1.165, 1.54) is 5.56 Å². The summed E-state index contributed by atoms with van der Waals surface area (Å²) in [6.07, 6.45) is 0.940. The van der Waals surface area contributed by atoms with Crippen molar-refractivity contribution in [3.8, 4) is 22.9 Å². The molecule has 0 amide bonds. The van der Waals surface area contributed by atoms with Gasteiger partial charge in [0.1, 0.15) is 11.9 Å². The fourth-order valence-electron chi connectivity index (χ4n) is 2.19. The normalized spacial score (nSPS) is 16.8. The highest BCUT2D eigenvalue weighted by Gasteiger charge is 2.21. The molecule has 98 valence electrons. The molecule has 1 unspecified atom stereocenters. The molecule has 3 rings (SSSR count). The van der Waals surface area contributed by atoms with Gasteiger partial charge in [-0.1, -0.05) is 0 Å². The molecule has 2 heterocycles. The van der Waals surface area contributed by atoms with Gasteiger partial charge in [-0.25, -0.2) is 0 Å². The maximum absolute atomic E-state index is 5.70. The molecule has 0 fully saturated rings. The van der Waals surface area contributed by atoms with Crippen LogP contribution in [0.4, 0.5) is 0 Å². The van der Waals surface area contributed by atoms with Crippen LogP contribution in [0.25, 0.3) is 11.3 Å². The minimum Gasteiger partial charge on any atom is -0.488 e. The Morgan fingerprint density at radius 1 is 1.32 bits per heavy atom. The standard InChI is InChI=1S/C14H15N3O2/c1-18-14-5-3-12(16-17-14)9-2-4-13-10(6-9)7-11(8-15)19-13/h2-6,11H,7-8,15H2,1H3. The van der Waals surface area contributed by atoms with E-state index in [9.17, 15) is 0 Å². The number of aromatic nitrogens is 2. The van der Waals surface area contributed by atoms with Crippen LogP contribution < -0.4 is 15.2 Å². The Morgan fingerprint density at radius 2 is 2.21 bits per heavy atom. The van der Waals surface area contributed by atoms with Gasteiger partial charge >= 0.3 is 0 Å². The highest BCUT2D eigenvalue weighted by molar-refractivity contribution is 5.62. The first-order valence-corrected chi connectivity index (χ1v) is 6.18. The fraction of sp³-hybridized carbons (Fsp3) is 0.286. The van der Waals surface area contributed by atoms with E-state index in [0.29, 0.717) is 12.4 Å². The third-order valence-corrected chi connectivity index (χ3v) is 3.21. The van der Waals surface area contributed by atoms with Crippen molar-refractivity contribution >= 4 is 0 Å². The molecule has 1 aromatic heterocycles. The highest BCUT2D eigenvalue weighted by Crippen LogP contribution is 2.32. The Morgan fingerprint density at radius 3 is 2.89 bits per heavy atom. The van der Waals surface area contributed by atoms with Crippen molar-refractivity contribution in [2.75, 3.05) is 13.7 Å². The van der Waals surface area contributed by atoms with Crippen molar-refractivity contribution in [1.82, 2.24) is 10.2 Å². The Hall–Kier alpha value is -2.14. The van der Waals surface area contributed by atoms with E-state index in [-0.39, 0.29) is 6.10 Å². The van der Waals surface area contributed by atoms with Gasteiger partial charge in [0.05, 0.1) is 12.8 Å². The molecule has 5 nitrogen and oxygen atoms in total. The first-order valence-electron chi connectivity index (χ1n) is 6.18. The summed E-state index contributed by atoms with van der Waals surface area (Å²) in [4.78, 5) is 0. The van der Waals surface area contributed by atoms with E-state index >= 15 is 0 Å². The van der Waals surface area contributed by atoms with Gasteiger partial charge in [0, 0.05) is 24.6 Å². The molecule has 1 aromatic carbocycles. The summed E-state index contributed by atoms with van der Waals surface area (Å²) in [7, 11) is 1.57. The van der Waals surface area contributed by atoms with Crippen LogP contribution in [0.1, 0.15) is 5.56 Å². The van der Waals surface area contributed by atoms with Gasteiger partial charge in [-0.05, 0) is 29.8 Å². The molecule has 0 saturated carbocycles. The van der Waals surface area contributed by atoms with E-state index in [0.717, 1.165) is 23.4 Å². The second kappa shape index (κ2) is 4.85.